The number of anilines is 1. The second-order valence-electron chi connectivity index (χ2n) is 3.30. The minimum absolute atomic E-state index is 0.149. The van der Waals surface area contributed by atoms with E-state index in [9.17, 15) is 13.2 Å². The molecule has 0 aliphatic rings. The Morgan fingerprint density at radius 2 is 2.16 bits per heavy atom. The number of nitrogens with one attached hydrogen (secondary N) is 1. The van der Waals surface area contributed by atoms with Gasteiger partial charge in [0.1, 0.15) is 11.1 Å². The Labute approximate surface area is 111 Å². The number of aromatic carboxylic acids is 1. The molecule has 0 radical (unpaired) electrons. The lowest BCUT2D eigenvalue weighted by molar-refractivity contribution is 0.0656. The summed E-state index contributed by atoms with van der Waals surface area (Å²) in [5.41, 5.74) is 0.179. The Morgan fingerprint density at radius 1 is 1.42 bits per heavy atom. The highest BCUT2D eigenvalue weighted by Gasteiger charge is 2.22. The number of nitriles is 1. The number of sulfonamides is 1. The average molecular weight is 298 g/mol. The molecule has 7 nitrogen and oxygen atoms in total. The number of carboxylic acids is 1. The minimum atomic E-state index is -4.05. The highest BCUT2D eigenvalue weighted by molar-refractivity contribution is 7.92. The van der Waals surface area contributed by atoms with E-state index in [1.807, 2.05) is 6.07 Å². The summed E-state index contributed by atoms with van der Waals surface area (Å²) in [6.45, 7) is 0. The Hall–Kier alpha value is -2.31. The van der Waals surface area contributed by atoms with Crippen LogP contribution >= 0.6 is 11.3 Å². The van der Waals surface area contributed by atoms with Crippen molar-refractivity contribution in [1.29, 1.82) is 5.26 Å². The first-order chi connectivity index (χ1) is 8.94. The second-order valence-corrected chi connectivity index (χ2v) is 5.83. The smallest absolute Gasteiger partial charge is 0.371 e. The molecular formula is C10H6N2O5S2. The van der Waals surface area contributed by atoms with E-state index >= 15 is 0 Å². The third-order valence-electron chi connectivity index (χ3n) is 2.07. The van der Waals surface area contributed by atoms with Crippen molar-refractivity contribution in [3.8, 4) is 6.07 Å². The van der Waals surface area contributed by atoms with E-state index in [-0.39, 0.29) is 10.6 Å². The number of rotatable bonds is 4. The van der Waals surface area contributed by atoms with Crippen LogP contribution in [0.5, 0.6) is 0 Å². The lowest BCUT2D eigenvalue weighted by atomic mass is 10.4. The fraction of sp³-hybridized carbons (Fsp3) is 0. The quantitative estimate of drug-likeness (QED) is 0.886. The maximum atomic E-state index is 11.9. The first-order valence-electron chi connectivity index (χ1n) is 4.77. The maximum Gasteiger partial charge on any atom is 0.371 e. The number of carboxylic acid groups (broad SMARTS) is 1. The summed E-state index contributed by atoms with van der Waals surface area (Å²) in [7, 11) is -4.05. The van der Waals surface area contributed by atoms with Gasteiger partial charge in [0.2, 0.25) is 10.9 Å². The van der Waals surface area contributed by atoms with Crippen LogP contribution in [0.3, 0.4) is 0 Å². The molecule has 0 unspecified atom stereocenters. The first-order valence-corrected chi connectivity index (χ1v) is 7.14. The average Bonchev–Trinajstić information content (AvgIpc) is 2.95. The molecule has 0 atom stereocenters. The van der Waals surface area contributed by atoms with Gasteiger partial charge in [-0.05, 0) is 23.6 Å². The molecule has 0 aliphatic carbocycles. The minimum Gasteiger partial charge on any atom is -0.475 e. The summed E-state index contributed by atoms with van der Waals surface area (Å²) in [5.74, 6) is -1.85. The zero-order valence-electron chi connectivity index (χ0n) is 9.15. The van der Waals surface area contributed by atoms with Crippen LogP contribution in [-0.4, -0.2) is 19.5 Å². The van der Waals surface area contributed by atoms with Gasteiger partial charge in [-0.15, -0.1) is 11.3 Å². The molecule has 0 aromatic carbocycles. The summed E-state index contributed by atoms with van der Waals surface area (Å²) in [6, 6.07) is 5.37. The Bertz CT molecular complexity index is 766. The van der Waals surface area contributed by atoms with E-state index in [1.54, 1.807) is 5.38 Å². The molecule has 2 aromatic heterocycles. The molecule has 0 bridgehead atoms. The van der Waals surface area contributed by atoms with Crippen molar-refractivity contribution in [3.05, 3.63) is 34.9 Å². The largest absolute Gasteiger partial charge is 0.475 e. The molecule has 19 heavy (non-hydrogen) atoms. The van der Waals surface area contributed by atoms with Crippen LogP contribution < -0.4 is 4.72 Å². The summed E-state index contributed by atoms with van der Waals surface area (Å²) < 4.78 is 30.7. The summed E-state index contributed by atoms with van der Waals surface area (Å²) >= 11 is 1.04. The maximum absolute atomic E-state index is 11.9. The van der Waals surface area contributed by atoms with Crippen LogP contribution in [0.4, 0.5) is 5.00 Å². The zero-order valence-corrected chi connectivity index (χ0v) is 10.8. The standard InChI is InChI=1S/C10H6N2O5S2/c11-5-6-3-4-18-9(6)12-19(15,16)8-2-1-7(17-8)10(13)14/h1-4,12H,(H,13,14). The molecular weight excluding hydrogens is 292 g/mol. The van der Waals surface area contributed by atoms with Gasteiger partial charge >= 0.3 is 5.97 Å². The molecule has 0 spiro atoms. The van der Waals surface area contributed by atoms with Gasteiger partial charge in [-0.3, -0.25) is 4.72 Å². The van der Waals surface area contributed by atoms with Gasteiger partial charge in [0.05, 0.1) is 5.56 Å². The number of carbonyl (C=O) groups is 1. The molecule has 0 saturated heterocycles. The van der Waals surface area contributed by atoms with E-state index in [2.05, 4.69) is 4.72 Å². The number of nitrogens with zero attached hydrogens (tertiary/aromatic N) is 1. The highest BCUT2D eigenvalue weighted by atomic mass is 32.2. The lowest BCUT2D eigenvalue weighted by Gasteiger charge is -2.02. The Kier molecular flexibility index (Phi) is 3.28. The fourth-order valence-corrected chi connectivity index (χ4v) is 3.23. The van der Waals surface area contributed by atoms with Crippen molar-refractivity contribution in [2.75, 3.05) is 4.72 Å². The Morgan fingerprint density at radius 3 is 2.74 bits per heavy atom. The molecule has 98 valence electrons. The number of hydrogen-bond acceptors (Lipinski definition) is 6. The second kappa shape index (κ2) is 4.75. The van der Waals surface area contributed by atoms with E-state index in [4.69, 9.17) is 14.8 Å². The van der Waals surface area contributed by atoms with E-state index in [1.165, 1.54) is 6.07 Å². The topological polar surface area (TPSA) is 120 Å². The van der Waals surface area contributed by atoms with Crippen molar-refractivity contribution in [2.24, 2.45) is 0 Å². The molecule has 9 heteroatoms. The normalized spacial score (nSPS) is 10.9. The van der Waals surface area contributed by atoms with Crippen molar-refractivity contribution >= 4 is 32.3 Å². The van der Waals surface area contributed by atoms with Crippen molar-refractivity contribution in [1.82, 2.24) is 0 Å². The van der Waals surface area contributed by atoms with Gasteiger partial charge in [0, 0.05) is 0 Å². The lowest BCUT2D eigenvalue weighted by Crippen LogP contribution is -2.12. The van der Waals surface area contributed by atoms with Gasteiger partial charge in [-0.1, -0.05) is 0 Å². The van der Waals surface area contributed by atoms with E-state index in [0.29, 0.717) is 0 Å². The fourth-order valence-electron chi connectivity index (χ4n) is 1.23. The summed E-state index contributed by atoms with van der Waals surface area (Å²) in [5, 5.41) is 18.6. The predicted molar refractivity (Wildman–Crippen MR) is 65.5 cm³/mol. The van der Waals surface area contributed by atoms with Crippen molar-refractivity contribution in [3.63, 3.8) is 0 Å². The molecule has 2 N–H and O–H groups in total. The van der Waals surface area contributed by atoms with Gasteiger partial charge in [-0.25, -0.2) is 4.79 Å². The van der Waals surface area contributed by atoms with Crippen molar-refractivity contribution < 1.29 is 22.7 Å². The van der Waals surface area contributed by atoms with Crippen LogP contribution in [0.2, 0.25) is 0 Å². The number of thiophene rings is 1. The van der Waals surface area contributed by atoms with Gasteiger partial charge < -0.3 is 9.52 Å². The van der Waals surface area contributed by atoms with Gasteiger partial charge in [0.25, 0.3) is 10.0 Å². The molecule has 2 aromatic rings. The SMILES string of the molecule is N#Cc1ccsc1NS(=O)(=O)c1ccc(C(=O)O)o1. The third-order valence-corrected chi connectivity index (χ3v) is 4.25. The number of furan rings is 1. The van der Waals surface area contributed by atoms with Crippen molar-refractivity contribution in [2.45, 2.75) is 5.09 Å². The first kappa shape index (κ1) is 13.1. The highest BCUT2D eigenvalue weighted by Crippen LogP contribution is 2.26. The van der Waals surface area contributed by atoms with E-state index < -0.39 is 26.8 Å². The molecule has 0 fully saturated rings. The summed E-state index contributed by atoms with van der Waals surface area (Å²) in [4.78, 5) is 10.6. The Balaban J connectivity index is 2.33. The predicted octanol–water partition coefficient (Wildman–Crippen LogP) is 1.71. The van der Waals surface area contributed by atoms with Gasteiger partial charge in [0.15, 0.2) is 0 Å². The number of hydrogen-bond donors (Lipinski definition) is 2. The molecule has 0 aliphatic heterocycles. The molecule has 2 rings (SSSR count). The molecule has 0 amide bonds. The zero-order chi connectivity index (χ0) is 14.0. The monoisotopic (exact) mass is 298 g/mol. The van der Waals surface area contributed by atoms with Crippen LogP contribution in [0.1, 0.15) is 16.1 Å². The van der Waals surface area contributed by atoms with Gasteiger partial charge in [-0.2, -0.15) is 13.7 Å². The van der Waals surface area contributed by atoms with E-state index in [0.717, 1.165) is 23.5 Å². The molecule has 2 heterocycles. The van der Waals surface area contributed by atoms with Crippen LogP contribution in [0.15, 0.2) is 33.1 Å². The molecule has 0 saturated carbocycles. The third kappa shape index (κ3) is 2.59. The van der Waals surface area contributed by atoms with Crippen LogP contribution in [0, 0.1) is 11.3 Å². The summed E-state index contributed by atoms with van der Waals surface area (Å²) in [6.07, 6.45) is 0. The van der Waals surface area contributed by atoms with Crippen LogP contribution in [-0.2, 0) is 10.0 Å². The van der Waals surface area contributed by atoms with Crippen LogP contribution in [0.25, 0.3) is 0 Å².